The van der Waals surface area contributed by atoms with Crippen molar-refractivity contribution in [3.8, 4) is 0 Å². The van der Waals surface area contributed by atoms with Gasteiger partial charge in [0.1, 0.15) is 5.69 Å². The topological polar surface area (TPSA) is 75.3 Å². The van der Waals surface area contributed by atoms with Gasteiger partial charge in [-0.25, -0.2) is 26.1 Å². The Morgan fingerprint density at radius 3 is 2.09 bits per heavy atom. The number of nitrogens with one attached hydrogen (secondary N) is 2. The van der Waals surface area contributed by atoms with Crippen LogP contribution in [0.2, 0.25) is 0 Å². The maximum atomic E-state index is 13.8. The van der Waals surface area contributed by atoms with Gasteiger partial charge in [0.05, 0.1) is 22.0 Å². The van der Waals surface area contributed by atoms with Crippen LogP contribution >= 0.6 is 0 Å². The Labute approximate surface area is 132 Å². The molecule has 0 aliphatic rings. The third-order valence-corrected chi connectivity index (χ3v) is 4.75. The molecular weight excluding hydrogens is 334 g/mol. The van der Waals surface area contributed by atoms with Crippen molar-refractivity contribution < 1.29 is 21.4 Å². The highest BCUT2D eigenvalue weighted by Gasteiger charge is 2.19. The highest BCUT2D eigenvalue weighted by molar-refractivity contribution is 7.92. The minimum absolute atomic E-state index is 0.259. The molecule has 1 atom stereocenters. The van der Waals surface area contributed by atoms with E-state index in [1.54, 1.807) is 25.5 Å². The second-order valence-corrected chi connectivity index (χ2v) is 9.63. The average Bonchev–Trinajstić information content (AvgIpc) is 2.31. The predicted molar refractivity (Wildman–Crippen MR) is 84.4 cm³/mol. The van der Waals surface area contributed by atoms with Crippen molar-refractivity contribution in [3.05, 3.63) is 29.3 Å². The zero-order valence-corrected chi connectivity index (χ0v) is 14.5. The first-order valence-electron chi connectivity index (χ1n) is 6.51. The fourth-order valence-electron chi connectivity index (χ4n) is 1.56. The summed E-state index contributed by atoms with van der Waals surface area (Å²) in [6.45, 7) is 5.70. The zero-order valence-electron chi connectivity index (χ0n) is 12.9. The van der Waals surface area contributed by atoms with Gasteiger partial charge in [0, 0.05) is 6.54 Å². The predicted octanol–water partition coefficient (Wildman–Crippen LogP) is 1.93. The molecule has 1 rings (SSSR count). The van der Waals surface area contributed by atoms with Crippen LogP contribution in [0.15, 0.2) is 12.1 Å². The lowest BCUT2D eigenvalue weighted by Gasteiger charge is -2.18. The normalized spacial score (nSPS) is 13.9. The molecular formula is C13H20F2N2O3S2. The fourth-order valence-corrected chi connectivity index (χ4v) is 2.84. The van der Waals surface area contributed by atoms with E-state index in [1.807, 2.05) is 0 Å². The maximum absolute atomic E-state index is 13.8. The van der Waals surface area contributed by atoms with E-state index < -0.39 is 43.1 Å². The molecule has 0 heterocycles. The molecule has 5 nitrogen and oxygen atoms in total. The van der Waals surface area contributed by atoms with E-state index in [2.05, 4.69) is 4.72 Å². The van der Waals surface area contributed by atoms with Gasteiger partial charge in [-0.2, -0.15) is 0 Å². The van der Waals surface area contributed by atoms with Crippen molar-refractivity contribution in [1.29, 1.82) is 0 Å². The molecule has 22 heavy (non-hydrogen) atoms. The lowest BCUT2D eigenvalue weighted by Crippen LogP contribution is -2.34. The minimum atomic E-state index is -3.76. The van der Waals surface area contributed by atoms with Gasteiger partial charge in [-0.05, 0) is 44.9 Å². The molecule has 1 unspecified atom stereocenters. The number of halogens is 2. The Morgan fingerprint density at radius 1 is 1.18 bits per heavy atom. The summed E-state index contributed by atoms with van der Waals surface area (Å²) in [6, 6.07) is 2.11. The molecule has 9 heteroatoms. The van der Waals surface area contributed by atoms with Crippen LogP contribution in [0.4, 0.5) is 14.5 Å². The largest absolute Gasteiger partial charge is 0.278 e. The van der Waals surface area contributed by atoms with E-state index in [4.69, 9.17) is 0 Å². The lowest BCUT2D eigenvalue weighted by molar-refractivity contribution is 0.581. The molecule has 0 spiro atoms. The monoisotopic (exact) mass is 354 g/mol. The summed E-state index contributed by atoms with van der Waals surface area (Å²) in [5.74, 6) is -1.98. The van der Waals surface area contributed by atoms with Gasteiger partial charge in [-0.1, -0.05) is 0 Å². The molecule has 0 saturated carbocycles. The molecule has 2 N–H and O–H groups in total. The summed E-state index contributed by atoms with van der Waals surface area (Å²) in [7, 11) is -5.03. The van der Waals surface area contributed by atoms with E-state index in [9.17, 15) is 21.4 Å². The number of hydrogen-bond acceptors (Lipinski definition) is 3. The standard InChI is InChI=1S/C13H20F2N2O3S2/c1-13(2,3)21(18)16-6-5-9-7-10(14)12(11(15)8-9)17-22(4,19)20/h7-8,16-17H,5-6H2,1-4H3. The highest BCUT2D eigenvalue weighted by Crippen LogP contribution is 2.22. The van der Waals surface area contributed by atoms with E-state index in [-0.39, 0.29) is 13.0 Å². The molecule has 1 aromatic rings. The van der Waals surface area contributed by atoms with Crippen molar-refractivity contribution in [2.24, 2.45) is 0 Å². The Morgan fingerprint density at radius 2 is 1.68 bits per heavy atom. The van der Waals surface area contributed by atoms with E-state index in [1.165, 1.54) is 0 Å². The molecule has 0 radical (unpaired) electrons. The Kier molecular flexibility index (Phi) is 6.05. The molecule has 0 fully saturated rings. The van der Waals surface area contributed by atoms with Crippen LogP contribution in [-0.2, 0) is 27.4 Å². The Hall–Kier alpha value is -1.06. The van der Waals surface area contributed by atoms with Gasteiger partial charge in [0.2, 0.25) is 10.0 Å². The maximum Gasteiger partial charge on any atom is 0.230 e. The van der Waals surface area contributed by atoms with Crippen molar-refractivity contribution in [2.45, 2.75) is 31.9 Å². The number of benzene rings is 1. The molecule has 0 bridgehead atoms. The van der Waals surface area contributed by atoms with Crippen LogP contribution in [-0.4, -0.2) is 30.2 Å². The van der Waals surface area contributed by atoms with Crippen molar-refractivity contribution in [1.82, 2.24) is 4.72 Å². The van der Waals surface area contributed by atoms with Gasteiger partial charge in [0.25, 0.3) is 0 Å². The van der Waals surface area contributed by atoms with Gasteiger partial charge < -0.3 is 0 Å². The summed E-state index contributed by atoms with van der Waals surface area (Å²) in [6.07, 6.45) is 1.07. The average molecular weight is 354 g/mol. The van der Waals surface area contributed by atoms with Crippen LogP contribution in [0.25, 0.3) is 0 Å². The minimum Gasteiger partial charge on any atom is -0.278 e. The quantitative estimate of drug-likeness (QED) is 0.820. The van der Waals surface area contributed by atoms with E-state index in [0.717, 1.165) is 18.4 Å². The molecule has 0 aliphatic heterocycles. The fraction of sp³-hybridized carbons (Fsp3) is 0.538. The zero-order chi connectivity index (χ0) is 17.1. The van der Waals surface area contributed by atoms with E-state index in [0.29, 0.717) is 5.56 Å². The highest BCUT2D eigenvalue weighted by atomic mass is 32.2. The van der Waals surface area contributed by atoms with Crippen LogP contribution in [0.3, 0.4) is 0 Å². The summed E-state index contributed by atoms with van der Waals surface area (Å²) in [5.41, 5.74) is -0.357. The summed E-state index contributed by atoms with van der Waals surface area (Å²) in [4.78, 5) is 0. The number of rotatable bonds is 6. The molecule has 1 aromatic carbocycles. The summed E-state index contributed by atoms with van der Waals surface area (Å²) < 4.78 is 65.5. The number of anilines is 1. The van der Waals surface area contributed by atoms with Crippen molar-refractivity contribution in [3.63, 3.8) is 0 Å². The smallest absolute Gasteiger partial charge is 0.230 e. The lowest BCUT2D eigenvalue weighted by atomic mass is 10.1. The van der Waals surface area contributed by atoms with Gasteiger partial charge >= 0.3 is 0 Å². The van der Waals surface area contributed by atoms with Crippen LogP contribution in [0, 0.1) is 11.6 Å². The van der Waals surface area contributed by atoms with Gasteiger partial charge in [-0.15, -0.1) is 0 Å². The summed E-state index contributed by atoms with van der Waals surface area (Å²) >= 11 is 0. The third kappa shape index (κ3) is 5.98. The molecule has 0 aromatic heterocycles. The van der Waals surface area contributed by atoms with Crippen LogP contribution in [0.1, 0.15) is 26.3 Å². The Balaban J connectivity index is 2.77. The first-order chi connectivity index (χ1) is 9.90. The SMILES string of the molecule is CC(C)(C)S(=O)NCCc1cc(F)c(NS(C)(=O)=O)c(F)c1. The van der Waals surface area contributed by atoms with E-state index >= 15 is 0 Å². The van der Waals surface area contributed by atoms with Gasteiger partial charge in [-0.3, -0.25) is 4.72 Å². The number of sulfonamides is 1. The second-order valence-electron chi connectivity index (χ2n) is 5.83. The first kappa shape index (κ1) is 19.0. The number of hydrogen-bond donors (Lipinski definition) is 2. The molecule has 0 aliphatic carbocycles. The van der Waals surface area contributed by atoms with Crippen molar-refractivity contribution in [2.75, 3.05) is 17.5 Å². The third-order valence-electron chi connectivity index (χ3n) is 2.59. The first-order valence-corrected chi connectivity index (χ1v) is 9.55. The van der Waals surface area contributed by atoms with Gasteiger partial charge in [0.15, 0.2) is 11.6 Å². The molecule has 126 valence electrons. The van der Waals surface area contributed by atoms with Crippen LogP contribution in [0.5, 0.6) is 0 Å². The Bertz CT molecular complexity index is 647. The molecule has 0 amide bonds. The second kappa shape index (κ2) is 7.01. The van der Waals surface area contributed by atoms with Crippen LogP contribution < -0.4 is 9.44 Å². The molecule has 0 saturated heterocycles. The van der Waals surface area contributed by atoms with Crippen molar-refractivity contribution >= 4 is 26.7 Å². The summed E-state index contributed by atoms with van der Waals surface area (Å²) in [5, 5.41) is 0.